The Morgan fingerprint density at radius 1 is 1.42 bits per heavy atom. The van der Waals surface area contributed by atoms with Gasteiger partial charge in [0.2, 0.25) is 0 Å². The molecule has 104 valence electrons. The zero-order valence-corrected chi connectivity index (χ0v) is 12.2. The van der Waals surface area contributed by atoms with Crippen molar-refractivity contribution in [1.29, 1.82) is 0 Å². The second-order valence-electron chi connectivity index (χ2n) is 3.97. The summed E-state index contributed by atoms with van der Waals surface area (Å²) in [7, 11) is -1.88. The molecule has 2 aromatic rings. The lowest BCUT2D eigenvalue weighted by molar-refractivity contribution is 0.574. The average molecular weight is 301 g/mol. The average Bonchev–Trinajstić information content (AvgIpc) is 2.99. The summed E-state index contributed by atoms with van der Waals surface area (Å²) < 4.78 is 26.9. The van der Waals surface area contributed by atoms with Gasteiger partial charge < -0.3 is 5.32 Å². The van der Waals surface area contributed by atoms with Crippen molar-refractivity contribution in [3.63, 3.8) is 0 Å². The van der Waals surface area contributed by atoms with E-state index in [0.29, 0.717) is 17.8 Å². The molecule has 2 aromatic heterocycles. The number of sulfonamides is 1. The smallest absolute Gasteiger partial charge is 0.260 e. The number of hydrogen-bond donors (Lipinski definition) is 3. The molecule has 2 rings (SSSR count). The van der Waals surface area contributed by atoms with Crippen LogP contribution in [0.1, 0.15) is 17.0 Å². The number of nitrogens with one attached hydrogen (secondary N) is 3. The van der Waals surface area contributed by atoms with Crippen LogP contribution in [-0.4, -0.2) is 30.6 Å². The summed E-state index contributed by atoms with van der Waals surface area (Å²) in [5.41, 5.74) is 3.74. The molecule has 0 bridgehead atoms. The fourth-order valence-electron chi connectivity index (χ4n) is 1.60. The van der Waals surface area contributed by atoms with Crippen molar-refractivity contribution >= 4 is 21.4 Å². The SMILES string of the molecule is CNCc1c(S(=O)(=O)NCc2cscn2)n[nH]c1C. The molecule has 0 spiro atoms. The molecule has 0 saturated carbocycles. The number of aryl methyl sites for hydroxylation is 1. The molecule has 0 unspecified atom stereocenters. The Morgan fingerprint density at radius 3 is 2.84 bits per heavy atom. The van der Waals surface area contributed by atoms with Gasteiger partial charge in [0.1, 0.15) is 0 Å². The van der Waals surface area contributed by atoms with E-state index in [4.69, 9.17) is 0 Å². The van der Waals surface area contributed by atoms with E-state index in [-0.39, 0.29) is 11.6 Å². The number of nitrogens with zero attached hydrogens (tertiary/aromatic N) is 2. The molecular weight excluding hydrogens is 286 g/mol. The molecular formula is C10H15N5O2S2. The molecule has 9 heteroatoms. The van der Waals surface area contributed by atoms with Gasteiger partial charge in [0.15, 0.2) is 5.03 Å². The number of hydrogen-bond acceptors (Lipinski definition) is 6. The number of aromatic nitrogens is 3. The minimum Gasteiger partial charge on any atom is -0.316 e. The van der Waals surface area contributed by atoms with Crippen molar-refractivity contribution in [2.24, 2.45) is 0 Å². The summed E-state index contributed by atoms with van der Waals surface area (Å²) in [5, 5.41) is 11.3. The normalized spacial score (nSPS) is 11.9. The highest BCUT2D eigenvalue weighted by molar-refractivity contribution is 7.89. The second-order valence-corrected chi connectivity index (χ2v) is 6.37. The van der Waals surface area contributed by atoms with Gasteiger partial charge in [-0.3, -0.25) is 5.10 Å². The number of rotatable bonds is 6. The van der Waals surface area contributed by atoms with E-state index in [0.717, 1.165) is 5.69 Å². The Morgan fingerprint density at radius 2 is 2.21 bits per heavy atom. The molecule has 2 heterocycles. The van der Waals surface area contributed by atoms with Gasteiger partial charge in [-0.15, -0.1) is 11.3 Å². The van der Waals surface area contributed by atoms with Crippen LogP contribution in [0.25, 0.3) is 0 Å². The summed E-state index contributed by atoms with van der Waals surface area (Å²) in [6.07, 6.45) is 0. The topological polar surface area (TPSA) is 99.8 Å². The molecule has 0 saturated heterocycles. The third kappa shape index (κ3) is 3.18. The molecule has 0 aromatic carbocycles. The molecule has 0 aliphatic carbocycles. The zero-order valence-electron chi connectivity index (χ0n) is 10.6. The Kier molecular flexibility index (Phi) is 4.30. The lowest BCUT2D eigenvalue weighted by Gasteiger charge is -2.05. The quantitative estimate of drug-likeness (QED) is 0.716. The monoisotopic (exact) mass is 301 g/mol. The highest BCUT2D eigenvalue weighted by Crippen LogP contribution is 2.16. The minimum absolute atomic E-state index is 0.0366. The van der Waals surface area contributed by atoms with Crippen molar-refractivity contribution in [3.8, 4) is 0 Å². The molecule has 0 radical (unpaired) electrons. The van der Waals surface area contributed by atoms with Crippen LogP contribution in [0.4, 0.5) is 0 Å². The van der Waals surface area contributed by atoms with E-state index in [9.17, 15) is 8.42 Å². The molecule has 3 N–H and O–H groups in total. The van der Waals surface area contributed by atoms with Crippen LogP contribution in [0.2, 0.25) is 0 Å². The molecule has 0 amide bonds. The Hall–Kier alpha value is -1.29. The predicted molar refractivity (Wildman–Crippen MR) is 72.2 cm³/mol. The van der Waals surface area contributed by atoms with Gasteiger partial charge in [0.05, 0.1) is 17.7 Å². The van der Waals surface area contributed by atoms with Crippen LogP contribution < -0.4 is 10.0 Å². The van der Waals surface area contributed by atoms with E-state index in [1.165, 1.54) is 11.3 Å². The first-order valence-electron chi connectivity index (χ1n) is 5.59. The maximum Gasteiger partial charge on any atom is 0.260 e. The van der Waals surface area contributed by atoms with Gasteiger partial charge in [-0.05, 0) is 14.0 Å². The van der Waals surface area contributed by atoms with Crippen molar-refractivity contribution in [2.45, 2.75) is 25.0 Å². The number of thiazole rings is 1. The molecule has 7 nitrogen and oxygen atoms in total. The van der Waals surface area contributed by atoms with Crippen LogP contribution in [0, 0.1) is 6.92 Å². The Labute approximate surface area is 115 Å². The molecule has 19 heavy (non-hydrogen) atoms. The summed E-state index contributed by atoms with van der Waals surface area (Å²) in [6.45, 7) is 2.39. The molecule has 0 aliphatic heterocycles. The Bertz CT molecular complexity index is 633. The van der Waals surface area contributed by atoms with Crippen LogP contribution in [0.15, 0.2) is 15.9 Å². The van der Waals surface area contributed by atoms with Gasteiger partial charge in [-0.1, -0.05) is 0 Å². The largest absolute Gasteiger partial charge is 0.316 e. The molecule has 0 aliphatic rings. The van der Waals surface area contributed by atoms with Gasteiger partial charge in [-0.2, -0.15) is 5.10 Å². The summed E-state index contributed by atoms with van der Waals surface area (Å²) in [4.78, 5) is 4.03. The lowest BCUT2D eigenvalue weighted by Crippen LogP contribution is -2.25. The summed E-state index contributed by atoms with van der Waals surface area (Å²) >= 11 is 1.42. The zero-order chi connectivity index (χ0) is 13.9. The van der Waals surface area contributed by atoms with E-state index in [1.807, 2.05) is 0 Å². The van der Waals surface area contributed by atoms with Crippen LogP contribution >= 0.6 is 11.3 Å². The third-order valence-electron chi connectivity index (χ3n) is 2.57. The summed E-state index contributed by atoms with van der Waals surface area (Å²) in [6, 6.07) is 0. The Balaban J connectivity index is 2.19. The third-order valence-corrected chi connectivity index (χ3v) is 4.58. The molecule has 0 fully saturated rings. The number of aromatic amines is 1. The van der Waals surface area contributed by atoms with E-state index in [2.05, 4.69) is 25.2 Å². The first-order valence-corrected chi connectivity index (χ1v) is 8.02. The molecule has 0 atom stereocenters. The second kappa shape index (κ2) is 5.78. The number of H-pyrrole nitrogens is 1. The van der Waals surface area contributed by atoms with Crippen LogP contribution in [-0.2, 0) is 23.1 Å². The van der Waals surface area contributed by atoms with Gasteiger partial charge in [0, 0.05) is 23.2 Å². The van der Waals surface area contributed by atoms with E-state index in [1.54, 1.807) is 24.9 Å². The minimum atomic E-state index is -3.64. The fourth-order valence-corrected chi connectivity index (χ4v) is 3.35. The van der Waals surface area contributed by atoms with Crippen LogP contribution in [0.5, 0.6) is 0 Å². The van der Waals surface area contributed by atoms with E-state index >= 15 is 0 Å². The first kappa shape index (κ1) is 14.1. The lowest BCUT2D eigenvalue weighted by atomic mass is 10.3. The van der Waals surface area contributed by atoms with E-state index < -0.39 is 10.0 Å². The van der Waals surface area contributed by atoms with Gasteiger partial charge in [-0.25, -0.2) is 18.1 Å². The maximum absolute atomic E-state index is 12.2. The van der Waals surface area contributed by atoms with Crippen molar-refractivity contribution in [2.75, 3.05) is 7.05 Å². The maximum atomic E-state index is 12.2. The fraction of sp³-hybridized carbons (Fsp3) is 0.400. The van der Waals surface area contributed by atoms with Crippen molar-refractivity contribution < 1.29 is 8.42 Å². The first-order chi connectivity index (χ1) is 9.04. The predicted octanol–water partition coefficient (Wildman–Crippen LogP) is 0.373. The van der Waals surface area contributed by atoms with Crippen molar-refractivity contribution in [1.82, 2.24) is 25.2 Å². The van der Waals surface area contributed by atoms with Gasteiger partial charge >= 0.3 is 0 Å². The highest BCUT2D eigenvalue weighted by atomic mass is 32.2. The van der Waals surface area contributed by atoms with Crippen LogP contribution in [0.3, 0.4) is 0 Å². The standard InChI is InChI=1S/C10H15N5O2S2/c1-7-9(4-11-2)10(15-14-7)19(16,17)13-3-8-5-18-6-12-8/h5-6,11,13H,3-4H2,1-2H3,(H,14,15). The highest BCUT2D eigenvalue weighted by Gasteiger charge is 2.23. The van der Waals surface area contributed by atoms with Gasteiger partial charge in [0.25, 0.3) is 10.0 Å². The summed E-state index contributed by atoms with van der Waals surface area (Å²) in [5.74, 6) is 0. The van der Waals surface area contributed by atoms with Crippen molar-refractivity contribution in [3.05, 3.63) is 27.8 Å².